The molecule has 1 amide bonds. The molecule has 3 nitrogen and oxygen atoms in total. The van der Waals surface area contributed by atoms with E-state index in [0.717, 1.165) is 25.1 Å². The second-order valence-corrected chi connectivity index (χ2v) is 7.62. The Morgan fingerprint density at radius 1 is 1.29 bits per heavy atom. The third-order valence-electron chi connectivity index (χ3n) is 4.91. The van der Waals surface area contributed by atoms with Crippen LogP contribution in [0.25, 0.3) is 0 Å². The molecule has 2 atom stereocenters. The Balaban J connectivity index is 1.47. The molecule has 2 heterocycles. The summed E-state index contributed by atoms with van der Waals surface area (Å²) in [5, 5.41) is 4.72. The van der Waals surface area contributed by atoms with E-state index in [1.807, 2.05) is 0 Å². The van der Waals surface area contributed by atoms with E-state index in [9.17, 15) is 13.6 Å². The van der Waals surface area contributed by atoms with E-state index in [-0.39, 0.29) is 11.6 Å². The number of carbonyl (C=O) groups excluding carboxylic acids is 1. The number of amides is 1. The molecule has 0 bridgehead atoms. The van der Waals surface area contributed by atoms with Crippen molar-refractivity contribution in [3.8, 4) is 0 Å². The quantitative estimate of drug-likeness (QED) is 0.874. The molecule has 2 aliphatic rings. The lowest BCUT2D eigenvalue weighted by Crippen LogP contribution is -3.14. The van der Waals surface area contributed by atoms with Gasteiger partial charge in [0.1, 0.15) is 17.7 Å². The number of hydrogen-bond acceptors (Lipinski definition) is 2. The lowest BCUT2D eigenvalue weighted by molar-refractivity contribution is -0.928. The molecule has 1 aromatic heterocycles. The number of rotatable bonds is 4. The molecule has 1 unspecified atom stereocenters. The van der Waals surface area contributed by atoms with Gasteiger partial charge < -0.3 is 10.2 Å². The van der Waals surface area contributed by atoms with E-state index < -0.39 is 11.6 Å². The van der Waals surface area contributed by atoms with Crippen LogP contribution >= 0.6 is 11.3 Å². The van der Waals surface area contributed by atoms with Gasteiger partial charge in [-0.05, 0) is 36.4 Å². The van der Waals surface area contributed by atoms with Gasteiger partial charge in [-0.2, -0.15) is 0 Å². The molecule has 1 fully saturated rings. The maximum Gasteiger partial charge on any atom is 0.279 e. The number of fused-ring (bicyclic) bond motifs is 1. The molecule has 1 aliphatic heterocycles. The van der Waals surface area contributed by atoms with Crippen LogP contribution in [0.1, 0.15) is 29.3 Å². The van der Waals surface area contributed by atoms with Crippen molar-refractivity contribution in [1.29, 1.82) is 0 Å². The zero-order valence-corrected chi connectivity index (χ0v) is 14.0. The van der Waals surface area contributed by atoms with Crippen molar-refractivity contribution in [3.05, 3.63) is 51.7 Å². The normalized spacial score (nSPS) is 22.9. The summed E-state index contributed by atoms with van der Waals surface area (Å²) < 4.78 is 26.7. The molecule has 1 aromatic carbocycles. The fourth-order valence-electron chi connectivity index (χ4n) is 3.69. The Morgan fingerprint density at radius 2 is 2.12 bits per heavy atom. The highest BCUT2D eigenvalue weighted by Crippen LogP contribution is 2.42. The Labute approximate surface area is 143 Å². The summed E-state index contributed by atoms with van der Waals surface area (Å²) >= 11 is 1.80. The molecule has 0 saturated heterocycles. The van der Waals surface area contributed by atoms with Gasteiger partial charge in [0.25, 0.3) is 5.91 Å². The van der Waals surface area contributed by atoms with Crippen molar-refractivity contribution in [1.82, 2.24) is 0 Å². The molecule has 2 N–H and O–H groups in total. The zero-order valence-electron chi connectivity index (χ0n) is 13.1. The molecule has 24 heavy (non-hydrogen) atoms. The SMILES string of the molecule is O=C(C[NH+]1CCc2sccc2[C@@H]1C1CC1)Nc1ccc(F)cc1F. The number of thiophene rings is 1. The molecule has 6 heteroatoms. The second-order valence-electron chi connectivity index (χ2n) is 6.62. The first-order chi connectivity index (χ1) is 11.6. The summed E-state index contributed by atoms with van der Waals surface area (Å²) in [6.45, 7) is 1.24. The van der Waals surface area contributed by atoms with Crippen LogP contribution in [0, 0.1) is 17.6 Å². The zero-order chi connectivity index (χ0) is 16.7. The molecule has 1 saturated carbocycles. The molecule has 126 valence electrons. The number of halogens is 2. The highest BCUT2D eigenvalue weighted by molar-refractivity contribution is 7.10. The lowest BCUT2D eigenvalue weighted by Gasteiger charge is -2.32. The summed E-state index contributed by atoms with van der Waals surface area (Å²) in [5.74, 6) is -0.953. The van der Waals surface area contributed by atoms with Crippen LogP contribution in [0.3, 0.4) is 0 Å². The number of carbonyl (C=O) groups is 1. The second kappa shape index (κ2) is 6.26. The van der Waals surface area contributed by atoms with Gasteiger partial charge in [0.15, 0.2) is 6.54 Å². The maximum absolute atomic E-state index is 13.7. The third-order valence-corrected chi connectivity index (χ3v) is 5.91. The van der Waals surface area contributed by atoms with Gasteiger partial charge in [-0.15, -0.1) is 11.3 Å². The van der Waals surface area contributed by atoms with E-state index in [0.29, 0.717) is 18.5 Å². The Hall–Kier alpha value is -1.79. The van der Waals surface area contributed by atoms with Gasteiger partial charge in [-0.3, -0.25) is 4.79 Å². The first-order valence-corrected chi connectivity index (χ1v) is 9.15. The lowest BCUT2D eigenvalue weighted by atomic mass is 9.96. The molecular formula is C18H19F2N2OS+. The standard InChI is InChI=1S/C18H18F2N2OS/c19-12-3-4-15(14(20)9-12)21-17(23)10-22-7-5-16-13(6-8-24-16)18(22)11-1-2-11/h3-4,6,8-9,11,18H,1-2,5,7,10H2,(H,21,23)/p+1/t18-/m0/s1. The summed E-state index contributed by atoms with van der Waals surface area (Å²) in [5.41, 5.74) is 1.43. The van der Waals surface area contributed by atoms with Crippen LogP contribution in [-0.4, -0.2) is 19.0 Å². The van der Waals surface area contributed by atoms with E-state index in [2.05, 4.69) is 16.8 Å². The predicted molar refractivity (Wildman–Crippen MR) is 89.2 cm³/mol. The summed E-state index contributed by atoms with van der Waals surface area (Å²) in [6.07, 6.45) is 3.43. The Morgan fingerprint density at radius 3 is 2.88 bits per heavy atom. The highest BCUT2D eigenvalue weighted by atomic mass is 32.1. The van der Waals surface area contributed by atoms with Crippen molar-refractivity contribution in [3.63, 3.8) is 0 Å². The molecular weight excluding hydrogens is 330 g/mol. The maximum atomic E-state index is 13.7. The van der Waals surface area contributed by atoms with Crippen molar-refractivity contribution >= 4 is 22.9 Å². The van der Waals surface area contributed by atoms with E-state index in [4.69, 9.17) is 0 Å². The molecule has 4 rings (SSSR count). The van der Waals surface area contributed by atoms with Gasteiger partial charge in [-0.25, -0.2) is 8.78 Å². The molecule has 2 aromatic rings. The topological polar surface area (TPSA) is 33.5 Å². The predicted octanol–water partition coefficient (Wildman–Crippen LogP) is 2.56. The van der Waals surface area contributed by atoms with Gasteiger partial charge in [0.2, 0.25) is 0 Å². The van der Waals surface area contributed by atoms with Crippen molar-refractivity contribution < 1.29 is 18.5 Å². The van der Waals surface area contributed by atoms with Crippen LogP contribution < -0.4 is 10.2 Å². The Kier molecular flexibility index (Phi) is 4.10. The monoisotopic (exact) mass is 349 g/mol. The van der Waals surface area contributed by atoms with Crippen molar-refractivity contribution in [2.24, 2.45) is 5.92 Å². The van der Waals surface area contributed by atoms with Gasteiger partial charge >= 0.3 is 0 Å². The average molecular weight is 349 g/mol. The van der Waals surface area contributed by atoms with Crippen LogP contribution in [0.4, 0.5) is 14.5 Å². The number of quaternary nitrogens is 1. The molecule has 0 spiro atoms. The van der Waals surface area contributed by atoms with Crippen molar-refractivity contribution in [2.75, 3.05) is 18.4 Å². The van der Waals surface area contributed by atoms with Crippen LogP contribution in [0.2, 0.25) is 0 Å². The van der Waals surface area contributed by atoms with E-state index in [1.165, 1.54) is 34.2 Å². The van der Waals surface area contributed by atoms with Crippen LogP contribution in [-0.2, 0) is 11.2 Å². The minimum absolute atomic E-state index is 0.0389. The highest BCUT2D eigenvalue weighted by Gasteiger charge is 2.43. The van der Waals surface area contributed by atoms with E-state index in [1.54, 1.807) is 11.3 Å². The average Bonchev–Trinajstić information content (AvgIpc) is 3.26. The number of benzene rings is 1. The molecule has 1 aliphatic carbocycles. The van der Waals surface area contributed by atoms with Gasteiger partial charge in [-0.1, -0.05) is 0 Å². The minimum Gasteiger partial charge on any atom is -0.320 e. The number of anilines is 1. The van der Waals surface area contributed by atoms with Crippen LogP contribution in [0.5, 0.6) is 0 Å². The van der Waals surface area contributed by atoms with E-state index >= 15 is 0 Å². The number of nitrogens with one attached hydrogen (secondary N) is 2. The fourth-order valence-corrected chi connectivity index (χ4v) is 4.62. The van der Waals surface area contributed by atoms with Crippen LogP contribution in [0.15, 0.2) is 29.6 Å². The minimum atomic E-state index is -0.740. The fraction of sp³-hybridized carbons (Fsp3) is 0.389. The van der Waals surface area contributed by atoms with Gasteiger partial charge in [0, 0.05) is 28.8 Å². The summed E-state index contributed by atoms with van der Waals surface area (Å²) in [7, 11) is 0. The van der Waals surface area contributed by atoms with Gasteiger partial charge in [0.05, 0.1) is 12.2 Å². The number of hydrogen-bond donors (Lipinski definition) is 2. The first-order valence-electron chi connectivity index (χ1n) is 8.27. The third kappa shape index (κ3) is 3.08. The van der Waals surface area contributed by atoms with Crippen molar-refractivity contribution in [2.45, 2.75) is 25.3 Å². The largest absolute Gasteiger partial charge is 0.320 e. The summed E-state index contributed by atoms with van der Waals surface area (Å²) in [6, 6.07) is 5.78. The summed E-state index contributed by atoms with van der Waals surface area (Å²) in [4.78, 5) is 15.1. The first kappa shape index (κ1) is 15.7. The molecule has 0 radical (unpaired) electrons. The smallest absolute Gasteiger partial charge is 0.279 e. The Bertz CT molecular complexity index is 772.